The fourth-order valence-corrected chi connectivity index (χ4v) is 8.62. The molecule has 51 heavy (non-hydrogen) atoms. The summed E-state index contributed by atoms with van der Waals surface area (Å²) in [5.74, 6) is -0.0826. The molecule has 0 amide bonds. The number of hydrogen-bond acceptors (Lipinski definition) is 11. The summed E-state index contributed by atoms with van der Waals surface area (Å²) in [6, 6.07) is 0. The normalized spacial score (nSPS) is 42.4. The van der Waals surface area contributed by atoms with Crippen LogP contribution in [0.4, 0.5) is 0 Å². The zero-order valence-electron chi connectivity index (χ0n) is 31.8. The van der Waals surface area contributed by atoms with Crippen molar-refractivity contribution >= 4 is 5.78 Å². The minimum absolute atomic E-state index is 0.00242. The zero-order valence-corrected chi connectivity index (χ0v) is 31.8. The van der Waals surface area contributed by atoms with Crippen LogP contribution in [0, 0.1) is 5.92 Å². The molecule has 2 N–H and O–H groups in total. The van der Waals surface area contributed by atoms with E-state index in [1.165, 1.54) is 25.3 Å². The van der Waals surface area contributed by atoms with Gasteiger partial charge >= 0.3 is 0 Å². The molecule has 9 aliphatic heterocycles. The quantitative estimate of drug-likeness (QED) is 0.298. The highest BCUT2D eigenvalue weighted by Crippen LogP contribution is 2.54. The second-order valence-corrected chi connectivity index (χ2v) is 15.5. The van der Waals surface area contributed by atoms with E-state index >= 15 is 0 Å². The third-order valence-corrected chi connectivity index (χ3v) is 11.5. The van der Waals surface area contributed by atoms with Crippen LogP contribution in [0.5, 0.6) is 0 Å². The average molecular weight is 723 g/mol. The smallest absolute Gasteiger partial charge is 0.172 e. The van der Waals surface area contributed by atoms with Crippen molar-refractivity contribution in [2.24, 2.45) is 5.92 Å². The van der Waals surface area contributed by atoms with Crippen LogP contribution >= 0.6 is 0 Å². The topological polar surface area (TPSA) is 131 Å². The molecule has 0 aliphatic carbocycles. The number of Topliss-reactive ketones (excluding diaryl/α,β-unsaturated/α-hetero) is 1. The second kappa shape index (κ2) is 18.9. The first-order valence-corrected chi connectivity index (χ1v) is 19.9. The van der Waals surface area contributed by atoms with Crippen LogP contribution in [-0.4, -0.2) is 121 Å². The van der Waals surface area contributed by atoms with Crippen LogP contribution in [-0.2, 0) is 42.7 Å². The van der Waals surface area contributed by atoms with Gasteiger partial charge in [-0.2, -0.15) is 0 Å². The van der Waals surface area contributed by atoms with Crippen molar-refractivity contribution in [3.8, 4) is 0 Å². The molecule has 11 nitrogen and oxygen atoms in total. The van der Waals surface area contributed by atoms with E-state index in [0.29, 0.717) is 31.5 Å². The maximum atomic E-state index is 12.9. The molecule has 9 saturated heterocycles. The van der Waals surface area contributed by atoms with Gasteiger partial charge in [-0.1, -0.05) is 39.5 Å². The van der Waals surface area contributed by atoms with Crippen molar-refractivity contribution in [2.75, 3.05) is 26.4 Å². The fraction of sp³-hybridized carbons (Fsp3) is 0.875. The van der Waals surface area contributed by atoms with E-state index in [0.717, 1.165) is 70.2 Å². The van der Waals surface area contributed by atoms with Crippen LogP contribution < -0.4 is 0 Å². The van der Waals surface area contributed by atoms with Gasteiger partial charge < -0.3 is 48.1 Å². The lowest BCUT2D eigenvalue weighted by Crippen LogP contribution is -2.61. The number of fused-ring (bicyclic) bond motifs is 1. The molecule has 0 aromatic carbocycles. The maximum absolute atomic E-state index is 12.9. The summed E-state index contributed by atoms with van der Waals surface area (Å²) in [6.45, 7) is 19.7. The van der Waals surface area contributed by atoms with Crippen LogP contribution in [0.1, 0.15) is 112 Å². The van der Waals surface area contributed by atoms with E-state index in [2.05, 4.69) is 27.0 Å². The third-order valence-electron chi connectivity index (χ3n) is 11.5. The van der Waals surface area contributed by atoms with Crippen molar-refractivity contribution in [3.05, 3.63) is 24.3 Å². The zero-order chi connectivity index (χ0) is 36.7. The maximum Gasteiger partial charge on any atom is 0.172 e. The summed E-state index contributed by atoms with van der Waals surface area (Å²) in [4.78, 5) is 12.9. The molecule has 9 fully saturated rings. The average Bonchev–Trinajstić information content (AvgIpc) is 3.86. The first-order chi connectivity index (χ1) is 24.6. The van der Waals surface area contributed by atoms with Gasteiger partial charge in [-0.15, -0.1) is 0 Å². The van der Waals surface area contributed by atoms with Crippen LogP contribution in [0.2, 0.25) is 0 Å². The predicted octanol–water partition coefficient (Wildman–Crippen LogP) is 5.37. The van der Waals surface area contributed by atoms with Gasteiger partial charge in [-0.05, 0) is 76.7 Å². The number of carbonyl (C=O) groups is 1. The Morgan fingerprint density at radius 2 is 1.53 bits per heavy atom. The van der Waals surface area contributed by atoms with E-state index in [-0.39, 0.29) is 73.4 Å². The Morgan fingerprint density at radius 1 is 0.843 bits per heavy atom. The van der Waals surface area contributed by atoms with Crippen molar-refractivity contribution in [1.29, 1.82) is 0 Å². The Kier molecular flexibility index (Phi) is 15.1. The summed E-state index contributed by atoms with van der Waals surface area (Å²) in [6.07, 6.45) is 9.76. The van der Waals surface area contributed by atoms with Gasteiger partial charge in [0.05, 0.1) is 62.5 Å². The molecular weight excluding hydrogens is 656 g/mol. The van der Waals surface area contributed by atoms with Gasteiger partial charge in [0, 0.05) is 32.3 Å². The van der Waals surface area contributed by atoms with Crippen LogP contribution in [0.15, 0.2) is 24.3 Å². The van der Waals surface area contributed by atoms with E-state index in [9.17, 15) is 4.79 Å². The lowest BCUT2D eigenvalue weighted by Gasteiger charge is -2.47. The van der Waals surface area contributed by atoms with Gasteiger partial charge in [0.1, 0.15) is 36.3 Å². The summed E-state index contributed by atoms with van der Waals surface area (Å²) in [7, 11) is 0. The highest BCUT2D eigenvalue weighted by atomic mass is 16.8. The molecule has 292 valence electrons. The largest absolute Gasteiger partial charge is 0.394 e. The second-order valence-electron chi connectivity index (χ2n) is 15.5. The number of ether oxygens (including phenoxy) is 8. The molecule has 6 bridgehead atoms. The molecule has 9 heterocycles. The molecular formula is C40H66O11. The molecule has 11 heteroatoms. The number of carbonyl (C=O) groups excluding carboxylic acids is 1. The summed E-state index contributed by atoms with van der Waals surface area (Å²) >= 11 is 0. The Morgan fingerprint density at radius 3 is 2.16 bits per heavy atom. The van der Waals surface area contributed by atoms with Gasteiger partial charge in [0.2, 0.25) is 0 Å². The van der Waals surface area contributed by atoms with Gasteiger partial charge in [-0.25, -0.2) is 0 Å². The predicted molar refractivity (Wildman–Crippen MR) is 191 cm³/mol. The van der Waals surface area contributed by atoms with Crippen molar-refractivity contribution in [3.63, 3.8) is 0 Å². The Balaban J connectivity index is 0.000000264. The molecule has 8 unspecified atom stereocenters. The van der Waals surface area contributed by atoms with E-state index < -0.39 is 11.9 Å². The standard InChI is InChI=1S/C27H38O8.C8H14O.C3H8O2.C2H6/c1-14-9-18(30-13-14)5-7-27-12-21-23(34-27)24-25(33-21)26(35-27)22-20(32-24)4-3-19(31-22)11-17(28)10-16-6-8-29-15(16)2;1-3-8-5-4-7(2)6-9-8;1-3(5)2-4;1-2/h15-16,18-26H,1,3-13H2,2H3;8H,2-6H2,1H3;3-5H,2H2,1H3;1-2H3/t15-,16?,18?,19?,20?,21+,22-,23?,24-,25?,26?,27-;8-;;/m00../s1. The number of aliphatic hydroxyl groups excluding tert-OH is 2. The number of ketones is 1. The highest BCUT2D eigenvalue weighted by Gasteiger charge is 2.68. The first kappa shape index (κ1) is 40.9. The first-order valence-electron chi connectivity index (χ1n) is 19.9. The SMILES string of the molecule is C=C1CC[C@H](CC)OC1.C=C1COC(CC[C@@]23C[C@H]4OC5C(O2)[C@H]2OC(CC(=O)CC6CCO[C@H]6C)CCC2O[C@H]5C4O3)C1.CC.CC(O)CO. The van der Waals surface area contributed by atoms with Gasteiger partial charge in [0.15, 0.2) is 5.79 Å². The van der Waals surface area contributed by atoms with Crippen molar-refractivity contribution < 1.29 is 52.9 Å². The lowest BCUT2D eigenvalue weighted by molar-refractivity contribution is -0.292. The minimum atomic E-state index is -0.681. The fourth-order valence-electron chi connectivity index (χ4n) is 8.62. The number of aliphatic hydroxyl groups is 2. The third kappa shape index (κ3) is 10.3. The monoisotopic (exact) mass is 722 g/mol. The summed E-state index contributed by atoms with van der Waals surface area (Å²) < 4.78 is 49.9. The number of hydrogen-bond donors (Lipinski definition) is 2. The molecule has 0 saturated carbocycles. The molecule has 0 spiro atoms. The van der Waals surface area contributed by atoms with Crippen LogP contribution in [0.25, 0.3) is 0 Å². The molecule has 14 atom stereocenters. The van der Waals surface area contributed by atoms with E-state index in [1.54, 1.807) is 0 Å². The van der Waals surface area contributed by atoms with E-state index in [1.807, 2.05) is 13.8 Å². The minimum Gasteiger partial charge on any atom is -0.394 e. The van der Waals surface area contributed by atoms with Crippen LogP contribution in [0.3, 0.4) is 0 Å². The Bertz CT molecular complexity index is 1140. The highest BCUT2D eigenvalue weighted by molar-refractivity contribution is 5.79. The van der Waals surface area contributed by atoms with Crippen molar-refractivity contribution in [2.45, 2.75) is 191 Å². The number of rotatable bonds is 9. The molecule has 0 aromatic rings. The van der Waals surface area contributed by atoms with E-state index in [4.69, 9.17) is 48.1 Å². The van der Waals surface area contributed by atoms with Crippen molar-refractivity contribution in [1.82, 2.24) is 0 Å². The Hall–Kier alpha value is -1.25. The van der Waals surface area contributed by atoms with Gasteiger partial charge in [0.25, 0.3) is 0 Å². The molecule has 0 radical (unpaired) electrons. The lowest BCUT2D eigenvalue weighted by atomic mass is 9.86. The molecule has 9 aliphatic rings. The summed E-state index contributed by atoms with van der Waals surface area (Å²) in [5.41, 5.74) is 2.41. The van der Waals surface area contributed by atoms with Gasteiger partial charge in [-0.3, -0.25) is 4.79 Å². The molecule has 9 rings (SSSR count). The molecule has 0 aromatic heterocycles. The Labute approximate surface area is 305 Å². The summed E-state index contributed by atoms with van der Waals surface area (Å²) in [5, 5.41) is 16.0.